The fourth-order valence-corrected chi connectivity index (χ4v) is 3.86. The monoisotopic (exact) mass is 236 g/mol. The summed E-state index contributed by atoms with van der Waals surface area (Å²) >= 11 is 0. The van der Waals surface area contributed by atoms with Crippen LogP contribution >= 0.6 is 0 Å². The van der Waals surface area contributed by atoms with E-state index >= 15 is 0 Å². The molecule has 1 saturated carbocycles. The Kier molecular flexibility index (Phi) is 3.20. The lowest BCUT2D eigenvalue weighted by molar-refractivity contribution is 0.00493. The van der Waals surface area contributed by atoms with Gasteiger partial charge in [0.1, 0.15) is 0 Å². The molecule has 0 aromatic rings. The minimum Gasteiger partial charge on any atom is -0.298 e. The van der Waals surface area contributed by atoms with Gasteiger partial charge in [0, 0.05) is 31.7 Å². The second-order valence-corrected chi connectivity index (χ2v) is 6.78. The zero-order valence-electron chi connectivity index (χ0n) is 11.6. The normalized spacial score (nSPS) is 37.8. The molecule has 3 rings (SSSR count). The molecule has 2 nitrogen and oxygen atoms in total. The van der Waals surface area contributed by atoms with E-state index in [0.29, 0.717) is 0 Å². The lowest BCUT2D eigenvalue weighted by Crippen LogP contribution is -2.59. The highest BCUT2D eigenvalue weighted by atomic mass is 15.3. The van der Waals surface area contributed by atoms with Gasteiger partial charge >= 0.3 is 0 Å². The first-order chi connectivity index (χ1) is 8.22. The van der Waals surface area contributed by atoms with Crippen LogP contribution in [0.3, 0.4) is 0 Å². The van der Waals surface area contributed by atoms with Crippen molar-refractivity contribution in [3.05, 3.63) is 0 Å². The lowest BCUT2D eigenvalue weighted by Gasteiger charge is -2.48. The highest BCUT2D eigenvalue weighted by molar-refractivity contribution is 4.98. The van der Waals surface area contributed by atoms with Crippen LogP contribution in [0.1, 0.15) is 52.4 Å². The Morgan fingerprint density at radius 2 is 2.00 bits per heavy atom. The second-order valence-electron chi connectivity index (χ2n) is 6.78. The Bertz CT molecular complexity index is 272. The molecule has 2 atom stereocenters. The van der Waals surface area contributed by atoms with Crippen LogP contribution in [0.4, 0.5) is 0 Å². The molecule has 0 spiro atoms. The Balaban J connectivity index is 1.61. The van der Waals surface area contributed by atoms with Gasteiger partial charge in [0.2, 0.25) is 0 Å². The zero-order valence-corrected chi connectivity index (χ0v) is 11.6. The van der Waals surface area contributed by atoms with Crippen molar-refractivity contribution in [1.29, 1.82) is 0 Å². The molecular formula is C15H28N2. The topological polar surface area (TPSA) is 6.48 Å². The van der Waals surface area contributed by atoms with Crippen LogP contribution in [0, 0.1) is 5.41 Å². The van der Waals surface area contributed by atoms with Crippen molar-refractivity contribution >= 4 is 0 Å². The summed E-state index contributed by atoms with van der Waals surface area (Å²) in [6, 6.07) is 1.67. The summed E-state index contributed by atoms with van der Waals surface area (Å²) in [5.41, 5.74) is 0.727. The first kappa shape index (κ1) is 12.0. The van der Waals surface area contributed by atoms with Crippen LogP contribution in [0.25, 0.3) is 0 Å². The van der Waals surface area contributed by atoms with Gasteiger partial charge in [-0.2, -0.15) is 0 Å². The molecule has 0 aromatic heterocycles. The van der Waals surface area contributed by atoms with Gasteiger partial charge in [-0.05, 0) is 51.0 Å². The standard InChI is InChI=1S/C15H28N2/c1-3-15(7-8-15)12-17-11-14-6-4-5-9-16(14)10-13(17)2/h13-14H,3-12H2,1-2H3. The molecule has 3 aliphatic rings. The second kappa shape index (κ2) is 4.55. The van der Waals surface area contributed by atoms with E-state index in [1.165, 1.54) is 64.7 Å². The molecule has 98 valence electrons. The molecular weight excluding hydrogens is 208 g/mol. The summed E-state index contributed by atoms with van der Waals surface area (Å²) in [5, 5.41) is 0. The molecule has 0 bridgehead atoms. The number of piperazine rings is 1. The lowest BCUT2D eigenvalue weighted by atomic mass is 9.95. The number of piperidine rings is 1. The van der Waals surface area contributed by atoms with E-state index in [2.05, 4.69) is 23.6 Å². The maximum Gasteiger partial charge on any atom is 0.0223 e. The number of rotatable bonds is 3. The summed E-state index contributed by atoms with van der Waals surface area (Å²) in [4.78, 5) is 5.57. The van der Waals surface area contributed by atoms with Gasteiger partial charge in [-0.25, -0.2) is 0 Å². The maximum absolute atomic E-state index is 2.81. The third kappa shape index (κ3) is 2.39. The molecule has 0 amide bonds. The molecule has 2 heterocycles. The van der Waals surface area contributed by atoms with Crippen molar-refractivity contribution in [2.45, 2.75) is 64.5 Å². The summed E-state index contributed by atoms with van der Waals surface area (Å²) in [6.45, 7) is 10.2. The van der Waals surface area contributed by atoms with Gasteiger partial charge < -0.3 is 0 Å². The first-order valence-corrected chi connectivity index (χ1v) is 7.70. The fourth-order valence-electron chi connectivity index (χ4n) is 3.86. The van der Waals surface area contributed by atoms with E-state index in [0.717, 1.165) is 17.5 Å². The zero-order chi connectivity index (χ0) is 11.9. The van der Waals surface area contributed by atoms with E-state index in [1.54, 1.807) is 0 Å². The van der Waals surface area contributed by atoms with Crippen molar-refractivity contribution in [2.24, 2.45) is 5.41 Å². The van der Waals surface area contributed by atoms with E-state index in [1.807, 2.05) is 0 Å². The van der Waals surface area contributed by atoms with E-state index in [9.17, 15) is 0 Å². The van der Waals surface area contributed by atoms with Crippen molar-refractivity contribution < 1.29 is 0 Å². The Labute approximate surface area is 106 Å². The molecule has 2 saturated heterocycles. The van der Waals surface area contributed by atoms with E-state index in [4.69, 9.17) is 0 Å². The molecule has 2 unspecified atom stereocenters. The van der Waals surface area contributed by atoms with Crippen LogP contribution in [0.2, 0.25) is 0 Å². The van der Waals surface area contributed by atoms with Gasteiger partial charge in [-0.1, -0.05) is 13.3 Å². The largest absolute Gasteiger partial charge is 0.298 e. The maximum atomic E-state index is 2.81. The summed E-state index contributed by atoms with van der Waals surface area (Å²) < 4.78 is 0. The van der Waals surface area contributed by atoms with Crippen molar-refractivity contribution in [2.75, 3.05) is 26.2 Å². The summed E-state index contributed by atoms with van der Waals surface area (Å²) in [5.74, 6) is 0. The average molecular weight is 236 g/mol. The highest BCUT2D eigenvalue weighted by Crippen LogP contribution is 2.49. The molecule has 1 aliphatic carbocycles. The number of fused-ring (bicyclic) bond motifs is 1. The minimum atomic E-state index is 0.727. The Morgan fingerprint density at radius 1 is 1.18 bits per heavy atom. The SMILES string of the molecule is CCC1(CN2CC3CCCCN3CC2C)CC1. The van der Waals surface area contributed by atoms with Gasteiger partial charge in [0.25, 0.3) is 0 Å². The summed E-state index contributed by atoms with van der Waals surface area (Å²) in [6.07, 6.45) is 8.71. The van der Waals surface area contributed by atoms with E-state index < -0.39 is 0 Å². The number of nitrogens with zero attached hydrogens (tertiary/aromatic N) is 2. The Hall–Kier alpha value is -0.0800. The molecule has 2 heteroatoms. The predicted molar refractivity (Wildman–Crippen MR) is 72.2 cm³/mol. The summed E-state index contributed by atoms with van der Waals surface area (Å²) in [7, 11) is 0. The van der Waals surface area contributed by atoms with Gasteiger partial charge in [0.15, 0.2) is 0 Å². The van der Waals surface area contributed by atoms with Gasteiger partial charge in [-0.15, -0.1) is 0 Å². The molecule has 0 aromatic carbocycles. The van der Waals surface area contributed by atoms with Crippen molar-refractivity contribution in [3.63, 3.8) is 0 Å². The first-order valence-electron chi connectivity index (χ1n) is 7.70. The molecule has 3 fully saturated rings. The van der Waals surface area contributed by atoms with Crippen molar-refractivity contribution in [1.82, 2.24) is 9.80 Å². The number of hydrogen-bond acceptors (Lipinski definition) is 2. The van der Waals surface area contributed by atoms with E-state index in [-0.39, 0.29) is 0 Å². The Morgan fingerprint density at radius 3 is 2.71 bits per heavy atom. The van der Waals surface area contributed by atoms with Crippen LogP contribution in [0.15, 0.2) is 0 Å². The smallest absolute Gasteiger partial charge is 0.0223 e. The quantitative estimate of drug-likeness (QED) is 0.743. The molecule has 17 heavy (non-hydrogen) atoms. The predicted octanol–water partition coefficient (Wildman–Crippen LogP) is 2.74. The fraction of sp³-hybridized carbons (Fsp3) is 1.00. The molecule has 0 radical (unpaired) electrons. The molecule has 0 N–H and O–H groups in total. The van der Waals surface area contributed by atoms with Gasteiger partial charge in [0.05, 0.1) is 0 Å². The third-order valence-corrected chi connectivity index (χ3v) is 5.56. The molecule has 2 aliphatic heterocycles. The average Bonchev–Trinajstić information content (AvgIpc) is 3.11. The van der Waals surface area contributed by atoms with Crippen LogP contribution in [-0.2, 0) is 0 Å². The van der Waals surface area contributed by atoms with Gasteiger partial charge in [-0.3, -0.25) is 9.80 Å². The highest BCUT2D eigenvalue weighted by Gasteiger charge is 2.44. The minimum absolute atomic E-state index is 0.727. The third-order valence-electron chi connectivity index (χ3n) is 5.56. The number of hydrogen-bond donors (Lipinski definition) is 0. The van der Waals surface area contributed by atoms with Crippen LogP contribution in [0.5, 0.6) is 0 Å². The van der Waals surface area contributed by atoms with Crippen LogP contribution < -0.4 is 0 Å². The van der Waals surface area contributed by atoms with Crippen LogP contribution in [-0.4, -0.2) is 48.1 Å². The van der Waals surface area contributed by atoms with Crippen molar-refractivity contribution in [3.8, 4) is 0 Å².